The minimum absolute atomic E-state index is 0.0722. The van der Waals surface area contributed by atoms with E-state index in [-0.39, 0.29) is 17.1 Å². The van der Waals surface area contributed by atoms with Crippen molar-refractivity contribution in [3.63, 3.8) is 0 Å². The number of hydrogen-bond acceptors (Lipinski definition) is 10. The van der Waals surface area contributed by atoms with E-state index in [0.717, 1.165) is 40.5 Å². The highest BCUT2D eigenvalue weighted by Gasteiger charge is 2.43. The van der Waals surface area contributed by atoms with Gasteiger partial charge in [0, 0.05) is 61.5 Å². The first-order valence-electron chi connectivity index (χ1n) is 18.7. The van der Waals surface area contributed by atoms with Crippen molar-refractivity contribution in [2.24, 2.45) is 0 Å². The van der Waals surface area contributed by atoms with Crippen LogP contribution < -0.4 is 14.8 Å². The Morgan fingerprint density at radius 2 is 1.75 bits per heavy atom. The highest BCUT2D eigenvalue weighted by molar-refractivity contribution is 7.86. The maximum Gasteiger partial charge on any atom is 0.303 e. The van der Waals surface area contributed by atoms with Crippen LogP contribution in [0.5, 0.6) is 0 Å². The molecule has 1 aliphatic carbocycles. The Hall–Kier alpha value is -3.86. The lowest BCUT2D eigenvalue weighted by Gasteiger charge is -2.30. The first-order valence-corrected chi connectivity index (χ1v) is 21.7. The highest BCUT2D eigenvalue weighted by Crippen LogP contribution is 2.51. The van der Waals surface area contributed by atoms with E-state index in [1.165, 1.54) is 12.1 Å². The maximum atomic E-state index is 12.2. The molecule has 13 nitrogen and oxygen atoms in total. The molecule has 0 saturated carbocycles. The topological polar surface area (TPSA) is 173 Å². The molecule has 2 N–H and O–H groups in total. The lowest BCUT2D eigenvalue weighted by molar-refractivity contribution is -0.137. The zero-order chi connectivity index (χ0) is 40.6. The van der Waals surface area contributed by atoms with Crippen LogP contribution in [0.3, 0.4) is 0 Å². The number of unbranched alkanes of at least 4 members (excludes halogenated alkanes) is 2. The largest absolute Gasteiger partial charge is 0.481 e. The summed E-state index contributed by atoms with van der Waals surface area (Å²) in [6.45, 7) is 11.0. The van der Waals surface area contributed by atoms with Gasteiger partial charge in [0.15, 0.2) is 0 Å². The van der Waals surface area contributed by atoms with Gasteiger partial charge in [0.05, 0.1) is 43.3 Å². The van der Waals surface area contributed by atoms with E-state index in [1.807, 2.05) is 70.2 Å². The lowest BCUT2D eigenvalue weighted by atomic mass is 9.78. The predicted molar refractivity (Wildman–Crippen MR) is 214 cm³/mol. The smallest absolute Gasteiger partial charge is 0.303 e. The van der Waals surface area contributed by atoms with E-state index in [2.05, 4.69) is 13.7 Å². The van der Waals surface area contributed by atoms with Crippen molar-refractivity contribution in [1.82, 2.24) is 4.58 Å². The zero-order valence-electron chi connectivity index (χ0n) is 32.8. The molecular weight excluding hydrogens is 749 g/mol. The van der Waals surface area contributed by atoms with Gasteiger partial charge in [-0.1, -0.05) is 32.4 Å². The van der Waals surface area contributed by atoms with Crippen LogP contribution in [0.4, 0.5) is 5.69 Å². The molecule has 0 fully saturated rings. The van der Waals surface area contributed by atoms with Crippen molar-refractivity contribution in [3.05, 3.63) is 83.1 Å². The van der Waals surface area contributed by atoms with E-state index in [9.17, 15) is 26.2 Å². The molecule has 1 aromatic carbocycles. The van der Waals surface area contributed by atoms with Gasteiger partial charge in [-0.25, -0.2) is 4.58 Å². The molecule has 55 heavy (non-hydrogen) atoms. The summed E-state index contributed by atoms with van der Waals surface area (Å²) in [6.07, 6.45) is 10.5. The molecular formula is C40H57N2O11S2+. The number of aliphatic carboxylic acids is 1. The van der Waals surface area contributed by atoms with Gasteiger partial charge in [0.2, 0.25) is 5.36 Å². The summed E-state index contributed by atoms with van der Waals surface area (Å²) in [4.78, 5) is 13.1. The number of methoxy groups -OCH3 is 1. The number of allylic oxidation sites excluding steroid dienone is 3. The minimum Gasteiger partial charge on any atom is -0.481 e. The number of ether oxygens (including phenoxy) is 2. The fourth-order valence-electron chi connectivity index (χ4n) is 6.63. The number of nitrogens with zero attached hydrogens (tertiary/aromatic N) is 2. The number of hydrogen-bond donors (Lipinski definition) is 2. The maximum absolute atomic E-state index is 12.2. The van der Waals surface area contributed by atoms with E-state index in [0.29, 0.717) is 77.3 Å². The van der Waals surface area contributed by atoms with Crippen LogP contribution in [-0.4, -0.2) is 91.9 Å². The monoisotopic (exact) mass is 805 g/mol. The summed E-state index contributed by atoms with van der Waals surface area (Å²) in [5.41, 5.74) is 3.53. The number of rotatable bonds is 21. The van der Waals surface area contributed by atoms with E-state index in [1.54, 1.807) is 19.4 Å². The van der Waals surface area contributed by atoms with Crippen LogP contribution in [0, 0.1) is 0 Å². The molecule has 3 aliphatic rings. The molecule has 15 heteroatoms. The third kappa shape index (κ3) is 12.6. The average Bonchev–Trinajstić information content (AvgIpc) is 3.39. The van der Waals surface area contributed by atoms with Crippen molar-refractivity contribution in [2.45, 2.75) is 76.5 Å². The third-order valence-corrected chi connectivity index (χ3v) is 11.7. The molecule has 0 radical (unpaired) electrons. The van der Waals surface area contributed by atoms with Crippen molar-refractivity contribution in [1.29, 1.82) is 0 Å². The number of carbonyl (C=O) groups is 1. The summed E-state index contributed by atoms with van der Waals surface area (Å²) in [6, 6.07) is 12.4. The summed E-state index contributed by atoms with van der Waals surface area (Å²) in [5.74, 6) is -0.249. The fourth-order valence-corrected chi connectivity index (χ4v) is 7.78. The van der Waals surface area contributed by atoms with Crippen molar-refractivity contribution < 1.29 is 49.4 Å². The summed E-state index contributed by atoms with van der Waals surface area (Å²) in [7, 11) is -5.24. The standard InChI is InChI=1S/C38H50N2O11S2.C2H6/c1-5-39(20-10-26-52(43,44)49-4)30-14-16-32-29(18-22-51-35(32)27-30)11-9-12-36-38(2,19-23-50-25-24-48-3)33-28-31(53(45,46)47)15-17-34(33)40(36)21-8-6-7-13-37(41)42;1-2/h9,11-12,14-18,22,27-28H,5-8,10,13,19-21,23-26H2,1-4H3,(H-,41,42,45,46,47);1-2H3/p+1. The van der Waals surface area contributed by atoms with Crippen LogP contribution in [0.1, 0.15) is 77.3 Å². The van der Waals surface area contributed by atoms with Crippen LogP contribution >= 0.6 is 0 Å². The number of anilines is 1. The SMILES string of the molecule is CC.CC[N+](CCCS(=O)(=O)OC)=c1ccc2c(/C=C/C=C3/N(CCCCCC(=O)O)c4ccc(S(=O)(=O)O)cc4C3(C)CCOCCOC)ccoc-2c1. The van der Waals surface area contributed by atoms with Crippen molar-refractivity contribution in [2.75, 3.05) is 64.3 Å². The molecule has 304 valence electrons. The van der Waals surface area contributed by atoms with Crippen molar-refractivity contribution in [3.8, 4) is 11.3 Å². The Bertz CT molecular complexity index is 2040. The van der Waals surface area contributed by atoms with E-state index < -0.39 is 31.6 Å². The second kappa shape index (κ2) is 21.4. The van der Waals surface area contributed by atoms with E-state index in [4.69, 9.17) is 19.0 Å². The normalized spacial score (nSPS) is 17.1. The molecule has 1 aromatic rings. The van der Waals surface area contributed by atoms with Crippen LogP contribution in [0.2, 0.25) is 0 Å². The average molecular weight is 806 g/mol. The van der Waals surface area contributed by atoms with Gasteiger partial charge in [-0.05, 0) is 80.6 Å². The molecule has 4 rings (SSSR count). The molecule has 1 unspecified atom stereocenters. The molecule has 0 amide bonds. The molecule has 0 spiro atoms. The quantitative estimate of drug-likeness (QED) is 0.0542. The predicted octanol–water partition coefficient (Wildman–Crippen LogP) is 6.19. The van der Waals surface area contributed by atoms with Gasteiger partial charge in [-0.15, -0.1) is 0 Å². The molecule has 0 bridgehead atoms. The number of benzene rings is 2. The lowest BCUT2D eigenvalue weighted by Crippen LogP contribution is -2.31. The summed E-state index contributed by atoms with van der Waals surface area (Å²) < 4.78 is 81.6. The van der Waals surface area contributed by atoms with Gasteiger partial charge in [0.1, 0.15) is 18.8 Å². The van der Waals surface area contributed by atoms with Gasteiger partial charge in [0.25, 0.3) is 20.2 Å². The summed E-state index contributed by atoms with van der Waals surface area (Å²) in [5, 5.41) is 10.0. The molecule has 0 saturated heterocycles. The van der Waals surface area contributed by atoms with Gasteiger partial charge >= 0.3 is 5.97 Å². The Morgan fingerprint density at radius 1 is 0.982 bits per heavy atom. The van der Waals surface area contributed by atoms with Crippen LogP contribution in [0.15, 0.2) is 75.9 Å². The summed E-state index contributed by atoms with van der Waals surface area (Å²) >= 11 is 0. The molecule has 2 heterocycles. The Morgan fingerprint density at radius 3 is 2.42 bits per heavy atom. The number of carboxylic acids is 1. The fraction of sp³-hybridized carbons (Fsp3) is 0.500. The number of carboxylic acid groups (broad SMARTS) is 1. The number of fused-ring (bicyclic) bond motifs is 2. The van der Waals surface area contributed by atoms with Crippen LogP contribution in [0.25, 0.3) is 17.4 Å². The minimum atomic E-state index is -4.47. The molecule has 2 aliphatic heterocycles. The van der Waals surface area contributed by atoms with Gasteiger partial charge < -0.3 is 23.9 Å². The third-order valence-electron chi connectivity index (χ3n) is 9.53. The Kier molecular flexibility index (Phi) is 17.8. The Labute approximate surface area is 326 Å². The molecule has 0 aromatic heterocycles. The van der Waals surface area contributed by atoms with Gasteiger partial charge in [-0.2, -0.15) is 16.8 Å². The second-order valence-corrected chi connectivity index (χ2v) is 16.3. The molecule has 1 atom stereocenters. The second-order valence-electron chi connectivity index (χ2n) is 13.0. The van der Waals surface area contributed by atoms with Crippen LogP contribution in [-0.2, 0) is 44.1 Å². The Balaban J connectivity index is 0.00000399. The highest BCUT2D eigenvalue weighted by atomic mass is 32.2. The van der Waals surface area contributed by atoms with E-state index >= 15 is 0 Å². The van der Waals surface area contributed by atoms with Crippen molar-refractivity contribution >= 4 is 38.0 Å². The first-order chi connectivity index (χ1) is 26.2. The first kappa shape index (κ1) is 45.5. The zero-order valence-corrected chi connectivity index (χ0v) is 34.5. The van der Waals surface area contributed by atoms with Gasteiger partial charge in [-0.3, -0.25) is 13.5 Å².